The summed E-state index contributed by atoms with van der Waals surface area (Å²) in [6.07, 6.45) is 0.0862. The molecule has 0 N–H and O–H groups in total. The van der Waals surface area contributed by atoms with Crippen molar-refractivity contribution in [1.82, 2.24) is 4.57 Å². The van der Waals surface area contributed by atoms with Crippen LogP contribution in [0.2, 0.25) is 0 Å². The molecule has 0 aliphatic rings. The van der Waals surface area contributed by atoms with Gasteiger partial charge in [-0.15, -0.1) is 4.57 Å². The molecule has 1 aromatic carbocycles. The Labute approximate surface area is 178 Å². The highest BCUT2D eigenvalue weighted by molar-refractivity contribution is 6.00. The third-order valence-corrected chi connectivity index (χ3v) is 4.03. The van der Waals surface area contributed by atoms with E-state index in [2.05, 4.69) is 0 Å². The lowest BCUT2D eigenvalue weighted by Gasteiger charge is -2.18. The summed E-state index contributed by atoms with van der Waals surface area (Å²) in [5, 5.41) is 12.9. The lowest BCUT2D eigenvalue weighted by atomic mass is 10.2. The van der Waals surface area contributed by atoms with E-state index in [1.165, 1.54) is 12.1 Å². The van der Waals surface area contributed by atoms with E-state index in [0.717, 1.165) is 10.8 Å². The molecule has 0 bridgehead atoms. The fraction of sp³-hybridized carbons (Fsp3) is 0.273. The van der Waals surface area contributed by atoms with Crippen LogP contribution < -0.4 is 9.47 Å². The number of aromatic nitrogens is 2. The molecule has 0 fully saturated rings. The number of carbonyl (C=O) groups is 3. The number of hydrogen-bond donors (Lipinski definition) is 0. The summed E-state index contributed by atoms with van der Waals surface area (Å²) in [6, 6.07) is 11.0. The number of carbonyl (C=O) groups excluding carboxylic acids is 3. The minimum absolute atomic E-state index is 0.0481. The summed E-state index contributed by atoms with van der Waals surface area (Å²) >= 11 is 0. The van der Waals surface area contributed by atoms with E-state index in [4.69, 9.17) is 14.2 Å². The van der Waals surface area contributed by atoms with Crippen LogP contribution in [-0.4, -0.2) is 34.8 Å². The molecule has 2 heterocycles. The first-order chi connectivity index (χ1) is 14.6. The van der Waals surface area contributed by atoms with Gasteiger partial charge in [-0.25, -0.2) is 14.3 Å². The van der Waals surface area contributed by atoms with Gasteiger partial charge >= 0.3 is 23.7 Å². The number of ether oxygens (including phenoxy) is 3. The minimum atomic E-state index is -0.913. The van der Waals surface area contributed by atoms with Crippen LogP contribution in [0.5, 0.6) is 5.75 Å². The molecule has 3 rings (SSSR count). The monoisotopic (exact) mass is 426 g/mol. The summed E-state index contributed by atoms with van der Waals surface area (Å²) < 4.78 is 16.8. The molecule has 0 saturated heterocycles. The zero-order valence-corrected chi connectivity index (χ0v) is 17.6. The van der Waals surface area contributed by atoms with E-state index >= 15 is 0 Å². The van der Waals surface area contributed by atoms with Crippen molar-refractivity contribution in [1.29, 1.82) is 0 Å². The lowest BCUT2D eigenvalue weighted by molar-refractivity contribution is -0.580. The van der Waals surface area contributed by atoms with Gasteiger partial charge < -0.3 is 19.4 Å². The maximum atomic E-state index is 12.8. The van der Waals surface area contributed by atoms with Crippen LogP contribution in [-0.2, 0) is 9.47 Å². The van der Waals surface area contributed by atoms with Crippen molar-refractivity contribution in [2.45, 2.75) is 33.3 Å². The lowest BCUT2D eigenvalue weighted by Crippen LogP contribution is -2.35. The van der Waals surface area contributed by atoms with E-state index in [1.807, 2.05) is 0 Å². The third kappa shape index (κ3) is 4.82. The van der Waals surface area contributed by atoms with Crippen LogP contribution in [0.25, 0.3) is 11.0 Å². The number of nitrogens with zero attached hydrogens (tertiary/aromatic N) is 2. The number of rotatable bonds is 4. The molecular formula is C22H22N2O7. The van der Waals surface area contributed by atoms with Crippen molar-refractivity contribution in [3.05, 3.63) is 65.1 Å². The third-order valence-electron chi connectivity index (χ3n) is 4.03. The Morgan fingerprint density at radius 1 is 1.06 bits per heavy atom. The Hall–Kier alpha value is -3.88. The zero-order valence-electron chi connectivity index (χ0n) is 17.6. The van der Waals surface area contributed by atoms with E-state index in [9.17, 15) is 19.6 Å². The Morgan fingerprint density at radius 2 is 1.74 bits per heavy atom. The summed E-state index contributed by atoms with van der Waals surface area (Å²) in [6.45, 7) is 6.67. The van der Waals surface area contributed by atoms with Gasteiger partial charge in [-0.05, 0) is 39.8 Å². The molecule has 0 aliphatic carbocycles. The van der Waals surface area contributed by atoms with Gasteiger partial charge in [0.05, 0.1) is 17.6 Å². The molecule has 0 saturated carbocycles. The maximum absolute atomic E-state index is 12.8. The topological polar surface area (TPSA) is 111 Å². The average Bonchev–Trinajstić information content (AvgIpc) is 3.08. The first-order valence-corrected chi connectivity index (χ1v) is 9.57. The highest BCUT2D eigenvalue weighted by atomic mass is 16.6. The van der Waals surface area contributed by atoms with Crippen LogP contribution in [0, 0.1) is 5.21 Å². The molecule has 9 heteroatoms. The van der Waals surface area contributed by atoms with E-state index in [1.54, 1.807) is 58.0 Å². The van der Waals surface area contributed by atoms with Gasteiger partial charge in [0.25, 0.3) is 0 Å². The van der Waals surface area contributed by atoms with Crippen molar-refractivity contribution in [2.75, 3.05) is 6.61 Å². The highest BCUT2D eigenvalue weighted by Gasteiger charge is 2.33. The fourth-order valence-electron chi connectivity index (χ4n) is 2.86. The van der Waals surface area contributed by atoms with Gasteiger partial charge in [0.2, 0.25) is 5.69 Å². The number of esters is 2. The number of hydrogen-bond acceptors (Lipinski definition) is 7. The zero-order chi connectivity index (χ0) is 22.8. The van der Waals surface area contributed by atoms with Crippen LogP contribution >= 0.6 is 0 Å². The minimum Gasteiger partial charge on any atom is -0.710 e. The molecule has 162 valence electrons. The summed E-state index contributed by atoms with van der Waals surface area (Å²) in [5.41, 5.74) is -0.893. The SMILES string of the molecule is CCOC(=O)c1cc2cc(OC(=O)c3ccccc3)c[n+]([O-])c2n1C(=O)OC(C)(C)C. The highest BCUT2D eigenvalue weighted by Crippen LogP contribution is 2.24. The quantitative estimate of drug-likeness (QED) is 0.357. The molecule has 3 aromatic rings. The van der Waals surface area contributed by atoms with Gasteiger partial charge in [-0.3, -0.25) is 0 Å². The second kappa shape index (κ2) is 8.47. The van der Waals surface area contributed by atoms with Crippen LogP contribution in [0.1, 0.15) is 48.5 Å². The fourth-order valence-corrected chi connectivity index (χ4v) is 2.86. The molecule has 0 atom stereocenters. The first-order valence-electron chi connectivity index (χ1n) is 9.57. The Kier molecular flexibility index (Phi) is 5.96. The van der Waals surface area contributed by atoms with Crippen LogP contribution in [0.4, 0.5) is 4.79 Å². The summed E-state index contributed by atoms with van der Waals surface area (Å²) in [7, 11) is 0. The van der Waals surface area contributed by atoms with Gasteiger partial charge in [0, 0.05) is 12.1 Å². The molecule has 2 aromatic heterocycles. The molecule has 0 radical (unpaired) electrons. The van der Waals surface area contributed by atoms with E-state index in [-0.39, 0.29) is 29.1 Å². The second-order valence-electron chi connectivity index (χ2n) is 7.60. The molecule has 0 spiro atoms. The predicted octanol–water partition coefficient (Wildman–Crippen LogP) is 3.45. The predicted molar refractivity (Wildman–Crippen MR) is 110 cm³/mol. The van der Waals surface area contributed by atoms with Gasteiger partial charge in [0.15, 0.2) is 5.75 Å². The van der Waals surface area contributed by atoms with E-state index in [0.29, 0.717) is 10.3 Å². The molecule has 0 amide bonds. The molecule has 31 heavy (non-hydrogen) atoms. The summed E-state index contributed by atoms with van der Waals surface area (Å²) in [5.74, 6) is -1.50. The summed E-state index contributed by atoms with van der Waals surface area (Å²) in [4.78, 5) is 37.5. The van der Waals surface area contributed by atoms with Crippen LogP contribution in [0.15, 0.2) is 48.7 Å². The van der Waals surface area contributed by atoms with Crippen molar-refractivity contribution in [3.63, 3.8) is 0 Å². The van der Waals surface area contributed by atoms with E-state index < -0.39 is 23.6 Å². The van der Waals surface area contributed by atoms with Crippen molar-refractivity contribution < 1.29 is 33.3 Å². The second-order valence-corrected chi connectivity index (χ2v) is 7.60. The smallest absolute Gasteiger partial charge is 0.513 e. The molecule has 0 unspecified atom stereocenters. The maximum Gasteiger partial charge on any atom is 0.513 e. The number of pyridine rings is 1. The molecule has 9 nitrogen and oxygen atoms in total. The van der Waals surface area contributed by atoms with Crippen molar-refractivity contribution >= 4 is 29.1 Å². The van der Waals surface area contributed by atoms with Crippen LogP contribution in [0.3, 0.4) is 0 Å². The van der Waals surface area contributed by atoms with Crippen molar-refractivity contribution in [2.24, 2.45) is 0 Å². The van der Waals surface area contributed by atoms with Crippen molar-refractivity contribution in [3.8, 4) is 5.75 Å². The largest absolute Gasteiger partial charge is 0.710 e. The first kappa shape index (κ1) is 21.8. The molecule has 0 aliphatic heterocycles. The van der Waals surface area contributed by atoms with Gasteiger partial charge in [-0.2, -0.15) is 4.79 Å². The Bertz CT molecular complexity index is 1140. The van der Waals surface area contributed by atoms with Gasteiger partial charge in [0.1, 0.15) is 11.8 Å². The molecular weight excluding hydrogens is 404 g/mol. The number of benzene rings is 1. The normalized spacial score (nSPS) is 11.2. The Morgan fingerprint density at radius 3 is 2.35 bits per heavy atom. The average molecular weight is 426 g/mol. The van der Waals surface area contributed by atoms with Gasteiger partial charge in [-0.1, -0.05) is 18.2 Å². The number of fused-ring (bicyclic) bond motifs is 1. The standard InChI is InChI=1S/C22H22N2O7/c1-5-29-20(26)17-12-15-11-16(30-19(25)14-9-7-6-8-10-14)13-23(28)18(15)24(17)21(27)31-22(2,3)4/h6-13H,5H2,1-4H3. The Balaban J connectivity index is 2.07.